The summed E-state index contributed by atoms with van der Waals surface area (Å²) < 4.78 is 13.1. The molecule has 19 heavy (non-hydrogen) atoms. The molecule has 0 amide bonds. The van der Waals surface area contributed by atoms with Crippen molar-refractivity contribution in [3.05, 3.63) is 57.3 Å². The van der Waals surface area contributed by atoms with Gasteiger partial charge in [0.15, 0.2) is 0 Å². The van der Waals surface area contributed by atoms with Gasteiger partial charge in [-0.05, 0) is 25.1 Å². The molecule has 0 aliphatic heterocycles. The van der Waals surface area contributed by atoms with Gasteiger partial charge in [0.1, 0.15) is 11.6 Å². The summed E-state index contributed by atoms with van der Waals surface area (Å²) in [7, 11) is 0. The Morgan fingerprint density at radius 3 is 2.42 bits per heavy atom. The lowest BCUT2D eigenvalue weighted by Gasteiger charge is -2.12. The maximum absolute atomic E-state index is 13.1. The monoisotopic (exact) mass is 299 g/mol. The number of aromatic hydroxyl groups is 1. The van der Waals surface area contributed by atoms with Crippen LogP contribution in [0.4, 0.5) is 10.1 Å². The number of aryl methyl sites for hydroxylation is 1. The van der Waals surface area contributed by atoms with Gasteiger partial charge in [-0.3, -0.25) is 0 Å². The molecule has 2 rings (SSSR count). The molecule has 0 heterocycles. The van der Waals surface area contributed by atoms with Gasteiger partial charge in [-0.1, -0.05) is 40.9 Å². The van der Waals surface area contributed by atoms with Gasteiger partial charge in [-0.25, -0.2) is 4.39 Å². The number of benzene rings is 2. The van der Waals surface area contributed by atoms with Crippen LogP contribution in [-0.2, 0) is 6.54 Å². The predicted octanol–water partition coefficient (Wildman–Crippen LogP) is 4.76. The molecular formula is C14H12Cl2FNO. The molecule has 0 unspecified atom stereocenters. The van der Waals surface area contributed by atoms with E-state index in [-0.39, 0.29) is 15.8 Å². The molecule has 0 aromatic heterocycles. The van der Waals surface area contributed by atoms with Crippen LogP contribution in [0.3, 0.4) is 0 Å². The first-order valence-corrected chi connectivity index (χ1v) is 6.40. The Labute approximate surface area is 120 Å². The second-order valence-corrected chi connectivity index (χ2v) is 5.04. The third-order valence-corrected chi connectivity index (χ3v) is 3.29. The lowest BCUT2D eigenvalue weighted by Crippen LogP contribution is -2.01. The zero-order valence-electron chi connectivity index (χ0n) is 10.2. The van der Waals surface area contributed by atoms with Crippen molar-refractivity contribution in [2.75, 3.05) is 5.32 Å². The lowest BCUT2D eigenvalue weighted by molar-refractivity contribution is 0.469. The topological polar surface area (TPSA) is 32.3 Å². The van der Waals surface area contributed by atoms with Crippen molar-refractivity contribution in [3.8, 4) is 5.75 Å². The molecule has 0 fully saturated rings. The second-order valence-electron chi connectivity index (χ2n) is 4.23. The Morgan fingerprint density at radius 1 is 1.16 bits per heavy atom. The molecule has 2 nitrogen and oxygen atoms in total. The van der Waals surface area contributed by atoms with Crippen LogP contribution >= 0.6 is 23.2 Å². The van der Waals surface area contributed by atoms with Gasteiger partial charge in [0.05, 0.1) is 15.7 Å². The van der Waals surface area contributed by atoms with E-state index >= 15 is 0 Å². The highest BCUT2D eigenvalue weighted by molar-refractivity contribution is 6.39. The fourth-order valence-electron chi connectivity index (χ4n) is 1.75. The Balaban J connectivity index is 2.21. The van der Waals surface area contributed by atoms with Crippen molar-refractivity contribution in [2.24, 2.45) is 0 Å². The van der Waals surface area contributed by atoms with Crippen LogP contribution in [0.5, 0.6) is 5.75 Å². The summed E-state index contributed by atoms with van der Waals surface area (Å²) in [5.74, 6) is -0.300. The molecule has 0 saturated carbocycles. The maximum Gasteiger partial charge on any atom is 0.126 e. The molecule has 2 N–H and O–H groups in total. The molecule has 2 aromatic rings. The van der Waals surface area contributed by atoms with Crippen LogP contribution < -0.4 is 5.32 Å². The molecule has 0 aliphatic rings. The zero-order chi connectivity index (χ0) is 14.0. The van der Waals surface area contributed by atoms with Crippen molar-refractivity contribution in [3.63, 3.8) is 0 Å². The molecule has 0 atom stereocenters. The van der Waals surface area contributed by atoms with Crippen molar-refractivity contribution in [1.82, 2.24) is 0 Å². The maximum atomic E-state index is 13.1. The van der Waals surface area contributed by atoms with E-state index in [4.69, 9.17) is 23.2 Å². The third kappa shape index (κ3) is 3.31. The minimum atomic E-state index is -0.487. The first-order chi connectivity index (χ1) is 8.97. The first kappa shape index (κ1) is 14.0. The standard InChI is InChI=1S/C14H12Cl2FNO/c1-8-2-3-13(19)9(4-8)7-18-14-11(15)5-10(17)6-12(14)16/h2-6,18-19H,7H2,1H3. The Bertz CT molecular complexity index is 593. The summed E-state index contributed by atoms with van der Waals surface area (Å²) >= 11 is 11.8. The minimum Gasteiger partial charge on any atom is -0.508 e. The van der Waals surface area contributed by atoms with Crippen molar-refractivity contribution in [1.29, 1.82) is 0 Å². The van der Waals surface area contributed by atoms with E-state index in [0.717, 1.165) is 11.1 Å². The van der Waals surface area contributed by atoms with Gasteiger partial charge in [-0.15, -0.1) is 0 Å². The van der Waals surface area contributed by atoms with E-state index in [1.54, 1.807) is 6.07 Å². The molecule has 0 spiro atoms. The zero-order valence-corrected chi connectivity index (χ0v) is 11.7. The Kier molecular flexibility index (Phi) is 4.17. The van der Waals surface area contributed by atoms with Gasteiger partial charge in [-0.2, -0.15) is 0 Å². The smallest absolute Gasteiger partial charge is 0.126 e. The van der Waals surface area contributed by atoms with Crippen molar-refractivity contribution >= 4 is 28.9 Å². The fraction of sp³-hybridized carbons (Fsp3) is 0.143. The highest BCUT2D eigenvalue weighted by Crippen LogP contribution is 2.32. The average molecular weight is 300 g/mol. The molecule has 0 aliphatic carbocycles. The Morgan fingerprint density at radius 2 is 1.79 bits per heavy atom. The molecule has 0 radical (unpaired) electrons. The number of phenols is 1. The largest absolute Gasteiger partial charge is 0.508 e. The van der Waals surface area contributed by atoms with E-state index in [1.165, 1.54) is 12.1 Å². The van der Waals surface area contributed by atoms with E-state index in [1.807, 2.05) is 19.1 Å². The summed E-state index contributed by atoms with van der Waals surface area (Å²) in [6, 6.07) is 7.67. The van der Waals surface area contributed by atoms with Crippen LogP contribution in [0.1, 0.15) is 11.1 Å². The molecule has 0 saturated heterocycles. The Hall–Kier alpha value is -1.45. The molecule has 0 bridgehead atoms. The van der Waals surface area contributed by atoms with Gasteiger partial charge in [0.25, 0.3) is 0 Å². The summed E-state index contributed by atoms with van der Waals surface area (Å²) in [6.45, 7) is 2.28. The van der Waals surface area contributed by atoms with Gasteiger partial charge >= 0.3 is 0 Å². The molecular weight excluding hydrogens is 288 g/mol. The quantitative estimate of drug-likeness (QED) is 0.856. The predicted molar refractivity (Wildman–Crippen MR) is 76.6 cm³/mol. The fourth-order valence-corrected chi connectivity index (χ4v) is 2.34. The summed E-state index contributed by atoms with van der Waals surface area (Å²) in [6.07, 6.45) is 0. The van der Waals surface area contributed by atoms with Crippen LogP contribution in [0, 0.1) is 12.7 Å². The summed E-state index contributed by atoms with van der Waals surface area (Å²) in [5.41, 5.74) is 2.20. The summed E-state index contributed by atoms with van der Waals surface area (Å²) in [4.78, 5) is 0. The van der Waals surface area contributed by atoms with Crippen molar-refractivity contribution < 1.29 is 9.50 Å². The van der Waals surface area contributed by atoms with E-state index < -0.39 is 5.82 Å². The van der Waals surface area contributed by atoms with Crippen LogP contribution in [0.2, 0.25) is 10.0 Å². The molecule has 5 heteroatoms. The average Bonchev–Trinajstić information content (AvgIpc) is 2.32. The van der Waals surface area contributed by atoms with E-state index in [9.17, 15) is 9.50 Å². The van der Waals surface area contributed by atoms with Crippen LogP contribution in [-0.4, -0.2) is 5.11 Å². The highest BCUT2D eigenvalue weighted by atomic mass is 35.5. The second kappa shape index (κ2) is 5.68. The van der Waals surface area contributed by atoms with Gasteiger partial charge in [0, 0.05) is 12.1 Å². The SMILES string of the molecule is Cc1ccc(O)c(CNc2c(Cl)cc(F)cc2Cl)c1. The number of anilines is 1. The number of hydrogen-bond acceptors (Lipinski definition) is 2. The van der Waals surface area contributed by atoms with E-state index in [0.29, 0.717) is 12.2 Å². The minimum absolute atomic E-state index is 0.187. The third-order valence-electron chi connectivity index (χ3n) is 2.70. The number of phenolic OH excluding ortho intramolecular Hbond substituents is 1. The molecule has 100 valence electrons. The number of hydrogen-bond donors (Lipinski definition) is 2. The number of rotatable bonds is 3. The van der Waals surface area contributed by atoms with Gasteiger partial charge in [0.2, 0.25) is 0 Å². The van der Waals surface area contributed by atoms with Crippen LogP contribution in [0.15, 0.2) is 30.3 Å². The first-order valence-electron chi connectivity index (χ1n) is 5.64. The van der Waals surface area contributed by atoms with Gasteiger partial charge < -0.3 is 10.4 Å². The lowest BCUT2D eigenvalue weighted by atomic mass is 10.1. The summed E-state index contributed by atoms with van der Waals surface area (Å²) in [5, 5.41) is 13.1. The highest BCUT2D eigenvalue weighted by Gasteiger charge is 2.09. The van der Waals surface area contributed by atoms with E-state index in [2.05, 4.69) is 5.32 Å². The number of nitrogens with one attached hydrogen (secondary N) is 1. The molecule has 2 aromatic carbocycles. The van der Waals surface area contributed by atoms with Crippen LogP contribution in [0.25, 0.3) is 0 Å². The normalized spacial score (nSPS) is 10.5. The van der Waals surface area contributed by atoms with Crippen molar-refractivity contribution in [2.45, 2.75) is 13.5 Å². The number of halogens is 3.